The highest BCUT2D eigenvalue weighted by atomic mass is 16.3. The van der Waals surface area contributed by atoms with E-state index in [4.69, 9.17) is 0 Å². The molecule has 52 heavy (non-hydrogen) atoms. The Morgan fingerprint density at radius 1 is 0.442 bits per heavy atom. The van der Waals surface area contributed by atoms with Crippen molar-refractivity contribution in [3.05, 3.63) is 133 Å². The third-order valence-electron chi connectivity index (χ3n) is 7.78. The van der Waals surface area contributed by atoms with Gasteiger partial charge in [0, 0.05) is 22.7 Å². The molecule has 4 aromatic carbocycles. The van der Waals surface area contributed by atoms with Gasteiger partial charge in [-0.2, -0.15) is 9.97 Å². The third kappa shape index (κ3) is 10.4. The topological polar surface area (TPSA) is 190 Å². The van der Waals surface area contributed by atoms with Crippen LogP contribution >= 0.6 is 0 Å². The zero-order chi connectivity index (χ0) is 36.1. The minimum Gasteiger partial charge on any atom is -0.372 e. The van der Waals surface area contributed by atoms with Gasteiger partial charge in [0.15, 0.2) is 0 Å². The summed E-state index contributed by atoms with van der Waals surface area (Å²) in [7, 11) is 0. The summed E-state index contributed by atoms with van der Waals surface area (Å²) in [5.41, 5.74) is 5.29. The molecule has 6 rings (SSSR count). The summed E-state index contributed by atoms with van der Waals surface area (Å²) in [5, 5.41) is 39.8. The molecule has 0 spiro atoms. The molecule has 14 nitrogen and oxygen atoms in total. The van der Waals surface area contributed by atoms with Gasteiger partial charge in [0.05, 0.1) is 12.1 Å². The molecule has 2 heterocycles. The van der Waals surface area contributed by atoms with Crippen molar-refractivity contribution in [1.29, 1.82) is 0 Å². The quantitative estimate of drug-likeness (QED) is 0.0423. The minimum atomic E-state index is -0.857. The fraction of sp³-hybridized carbons (Fsp3) is 0.158. The molecule has 0 aliphatic rings. The van der Waals surface area contributed by atoms with E-state index in [1.807, 2.05) is 135 Å². The second kappa shape index (κ2) is 17.3. The van der Waals surface area contributed by atoms with E-state index in [9.17, 15) is 10.2 Å². The van der Waals surface area contributed by atoms with Crippen LogP contribution in [0.1, 0.15) is 25.0 Å². The number of nitrogens with zero attached hydrogens (tertiary/aromatic N) is 6. The van der Waals surface area contributed by atoms with Crippen LogP contribution in [0.2, 0.25) is 0 Å². The molecular formula is C38H40N12O2. The van der Waals surface area contributed by atoms with E-state index in [0.29, 0.717) is 23.8 Å². The first kappa shape index (κ1) is 35.2. The van der Waals surface area contributed by atoms with Gasteiger partial charge in [-0.25, -0.2) is 19.9 Å². The molecule has 0 amide bonds. The molecule has 4 unspecified atom stereocenters. The van der Waals surface area contributed by atoms with Gasteiger partial charge in [-0.15, -0.1) is 0 Å². The zero-order valence-electron chi connectivity index (χ0n) is 28.6. The van der Waals surface area contributed by atoms with E-state index in [1.54, 1.807) is 0 Å². The largest absolute Gasteiger partial charge is 0.372 e. The van der Waals surface area contributed by atoms with Crippen molar-refractivity contribution in [3.8, 4) is 0 Å². The average molecular weight is 697 g/mol. The molecule has 4 atom stereocenters. The van der Waals surface area contributed by atoms with Crippen molar-refractivity contribution in [2.75, 3.05) is 31.9 Å². The molecule has 0 aliphatic carbocycles. The third-order valence-corrected chi connectivity index (χ3v) is 7.78. The average Bonchev–Trinajstić information content (AvgIpc) is 3.16. The summed E-state index contributed by atoms with van der Waals surface area (Å²) in [4.78, 5) is 25.7. The van der Waals surface area contributed by atoms with Gasteiger partial charge < -0.3 is 42.1 Å². The van der Waals surface area contributed by atoms with Gasteiger partial charge in [-0.05, 0) is 73.5 Å². The highest BCUT2D eigenvalue weighted by Gasteiger charge is 2.16. The Bertz CT molecular complexity index is 1870. The Kier molecular flexibility index (Phi) is 11.7. The number of nitrogens with one attached hydrogen (secondary N) is 6. The highest BCUT2D eigenvalue weighted by Crippen LogP contribution is 2.19. The van der Waals surface area contributed by atoms with Crippen molar-refractivity contribution in [1.82, 2.24) is 29.9 Å². The van der Waals surface area contributed by atoms with Gasteiger partial charge in [0.2, 0.25) is 23.8 Å². The monoisotopic (exact) mass is 696 g/mol. The first-order valence-corrected chi connectivity index (χ1v) is 16.7. The number of para-hydroxylation sites is 2. The second-order valence-corrected chi connectivity index (χ2v) is 11.9. The standard InChI is InChI=1S/C38H40N12O2/c1-25(33(51)45-29-9-5-3-6-10-29)43-35-39-23-41-37(49-35)47-31-19-15-27(16-20-31)13-14-28-17-21-32(22-18-28)48-38-42-24-40-36(50-38)44-26(2)34(52)46-30-11-7-4-8-12-30/h3-26,33-34,45-46,51-52H,1-2H3,(H2,39,41,43,47,49)(H2,40,42,44,48,50). The van der Waals surface area contributed by atoms with Crippen LogP contribution in [0.15, 0.2) is 122 Å². The van der Waals surface area contributed by atoms with E-state index >= 15 is 0 Å². The highest BCUT2D eigenvalue weighted by molar-refractivity contribution is 5.72. The summed E-state index contributed by atoms with van der Waals surface area (Å²) in [5.74, 6) is 1.43. The lowest BCUT2D eigenvalue weighted by Crippen LogP contribution is -2.37. The number of aliphatic hydroxyl groups is 2. The van der Waals surface area contributed by atoms with Crippen LogP contribution in [0.3, 0.4) is 0 Å². The predicted octanol–water partition coefficient (Wildman–Crippen LogP) is 6.18. The molecule has 264 valence electrons. The van der Waals surface area contributed by atoms with Gasteiger partial charge in [0.25, 0.3) is 0 Å². The lowest BCUT2D eigenvalue weighted by atomic mass is 10.1. The van der Waals surface area contributed by atoms with Gasteiger partial charge >= 0.3 is 0 Å². The van der Waals surface area contributed by atoms with E-state index in [-0.39, 0.29) is 12.1 Å². The van der Waals surface area contributed by atoms with Gasteiger partial charge in [0.1, 0.15) is 25.1 Å². The minimum absolute atomic E-state index is 0.341. The summed E-state index contributed by atoms with van der Waals surface area (Å²) in [6.45, 7) is 3.67. The van der Waals surface area contributed by atoms with Crippen LogP contribution in [0, 0.1) is 0 Å². The van der Waals surface area contributed by atoms with E-state index in [2.05, 4.69) is 61.8 Å². The van der Waals surface area contributed by atoms with Gasteiger partial charge in [-0.1, -0.05) is 72.8 Å². The SMILES string of the molecule is CC(Nc1ncnc(Nc2ccc(C=Cc3ccc(Nc4ncnc(NC(C)C(O)Nc5ccccc5)n4)cc3)cc2)n1)C(O)Nc1ccccc1. The fourth-order valence-electron chi connectivity index (χ4n) is 4.88. The lowest BCUT2D eigenvalue weighted by molar-refractivity contribution is 0.186. The number of hydrogen-bond acceptors (Lipinski definition) is 14. The van der Waals surface area contributed by atoms with E-state index < -0.39 is 12.5 Å². The molecule has 0 fully saturated rings. The second-order valence-electron chi connectivity index (χ2n) is 11.9. The normalized spacial score (nSPS) is 13.4. The molecule has 0 saturated heterocycles. The van der Waals surface area contributed by atoms with Crippen molar-refractivity contribution < 1.29 is 10.2 Å². The summed E-state index contributed by atoms with van der Waals surface area (Å²) in [6, 6.07) is 34.0. The van der Waals surface area contributed by atoms with Crippen molar-refractivity contribution in [2.45, 2.75) is 38.4 Å². The Balaban J connectivity index is 0.975. The number of aliphatic hydroxyl groups excluding tert-OH is 2. The van der Waals surface area contributed by atoms with Crippen molar-refractivity contribution in [3.63, 3.8) is 0 Å². The number of hydrogen-bond donors (Lipinski definition) is 8. The van der Waals surface area contributed by atoms with E-state index in [1.165, 1.54) is 12.7 Å². The number of anilines is 8. The maximum atomic E-state index is 10.5. The molecule has 0 bridgehead atoms. The smallest absolute Gasteiger partial charge is 0.231 e. The number of aromatic nitrogens is 6. The van der Waals surface area contributed by atoms with Crippen molar-refractivity contribution >= 4 is 58.7 Å². The Labute approximate surface area is 301 Å². The summed E-state index contributed by atoms with van der Waals surface area (Å²) >= 11 is 0. The van der Waals surface area contributed by atoms with E-state index in [0.717, 1.165) is 33.9 Å². The Morgan fingerprint density at radius 2 is 0.808 bits per heavy atom. The van der Waals surface area contributed by atoms with Crippen LogP contribution in [0.5, 0.6) is 0 Å². The Morgan fingerprint density at radius 3 is 1.19 bits per heavy atom. The predicted molar refractivity (Wildman–Crippen MR) is 206 cm³/mol. The first-order valence-electron chi connectivity index (χ1n) is 16.7. The number of benzene rings is 4. The molecule has 14 heteroatoms. The number of rotatable bonds is 16. The van der Waals surface area contributed by atoms with Crippen LogP contribution in [-0.2, 0) is 0 Å². The van der Waals surface area contributed by atoms with Crippen LogP contribution in [-0.4, -0.2) is 64.7 Å². The zero-order valence-corrected chi connectivity index (χ0v) is 28.6. The summed E-state index contributed by atoms with van der Waals surface area (Å²) < 4.78 is 0. The van der Waals surface area contributed by atoms with Crippen LogP contribution in [0.4, 0.5) is 46.5 Å². The first-order chi connectivity index (χ1) is 25.4. The lowest BCUT2D eigenvalue weighted by Gasteiger charge is -2.22. The molecule has 8 N–H and O–H groups in total. The maximum Gasteiger partial charge on any atom is 0.231 e. The van der Waals surface area contributed by atoms with Crippen LogP contribution in [0.25, 0.3) is 12.2 Å². The Hall–Kier alpha value is -6.64. The van der Waals surface area contributed by atoms with Crippen LogP contribution < -0.4 is 31.9 Å². The van der Waals surface area contributed by atoms with Crippen molar-refractivity contribution in [2.24, 2.45) is 0 Å². The maximum absolute atomic E-state index is 10.5. The molecule has 6 aromatic rings. The summed E-state index contributed by atoms with van der Waals surface area (Å²) in [6.07, 6.45) is 5.17. The molecular weight excluding hydrogens is 656 g/mol. The molecule has 0 aliphatic heterocycles. The molecule has 0 radical (unpaired) electrons. The molecule has 0 saturated carbocycles. The molecule has 2 aromatic heterocycles. The van der Waals surface area contributed by atoms with Gasteiger partial charge in [-0.3, -0.25) is 0 Å². The fourth-order valence-corrected chi connectivity index (χ4v) is 4.88.